The van der Waals surface area contributed by atoms with Gasteiger partial charge in [-0.1, -0.05) is 18.2 Å². The number of aromatic nitrogens is 1. The van der Waals surface area contributed by atoms with Crippen LogP contribution in [0, 0.1) is 0 Å². The van der Waals surface area contributed by atoms with Crippen molar-refractivity contribution in [2.45, 2.75) is 31.1 Å². The Kier molecular flexibility index (Phi) is 3.12. The fraction of sp³-hybridized carbons (Fsp3) is 0.312. The average molecular weight is 285 g/mol. The fourth-order valence-electron chi connectivity index (χ4n) is 3.46. The Labute approximate surface area is 121 Å². The van der Waals surface area contributed by atoms with Crippen molar-refractivity contribution in [1.29, 1.82) is 0 Å². The van der Waals surface area contributed by atoms with Gasteiger partial charge in [-0.2, -0.15) is 0 Å². The van der Waals surface area contributed by atoms with Crippen molar-refractivity contribution in [2.24, 2.45) is 0 Å². The second-order valence-corrected chi connectivity index (χ2v) is 5.44. The van der Waals surface area contributed by atoms with Gasteiger partial charge in [-0.3, -0.25) is 14.6 Å². The summed E-state index contributed by atoms with van der Waals surface area (Å²) in [5, 5.41) is 18.6. The van der Waals surface area contributed by atoms with Gasteiger partial charge in [-0.15, -0.1) is 0 Å². The molecule has 0 fully saturated rings. The summed E-state index contributed by atoms with van der Waals surface area (Å²) >= 11 is 0. The molecule has 2 N–H and O–H groups in total. The van der Waals surface area contributed by atoms with Gasteiger partial charge in [0.05, 0.1) is 18.5 Å². The second-order valence-electron chi connectivity index (χ2n) is 5.44. The molecule has 0 spiro atoms. The standard InChI is InChI=1S/C16H15NO4/c18-13(19)8-16(9-14(20)21)11-5-2-1-4-10(11)15-12(16)6-3-7-17-15/h3-7H,1-2,8-9H2,(H,18,19)(H,20,21). The van der Waals surface area contributed by atoms with E-state index >= 15 is 0 Å². The molecule has 21 heavy (non-hydrogen) atoms. The number of hydrogen-bond donors (Lipinski definition) is 2. The number of carboxylic acids is 2. The molecule has 108 valence electrons. The van der Waals surface area contributed by atoms with Crippen LogP contribution in [0.5, 0.6) is 0 Å². The summed E-state index contributed by atoms with van der Waals surface area (Å²) in [6.45, 7) is 0. The van der Waals surface area contributed by atoms with Crippen LogP contribution >= 0.6 is 0 Å². The van der Waals surface area contributed by atoms with Crippen LogP contribution in [0.25, 0.3) is 5.57 Å². The van der Waals surface area contributed by atoms with Gasteiger partial charge >= 0.3 is 11.9 Å². The summed E-state index contributed by atoms with van der Waals surface area (Å²) < 4.78 is 0. The third-order valence-electron chi connectivity index (χ3n) is 4.15. The van der Waals surface area contributed by atoms with Crippen molar-refractivity contribution >= 4 is 17.5 Å². The van der Waals surface area contributed by atoms with E-state index in [2.05, 4.69) is 4.98 Å². The Morgan fingerprint density at radius 2 is 1.81 bits per heavy atom. The molecule has 1 heterocycles. The van der Waals surface area contributed by atoms with Crippen LogP contribution in [-0.4, -0.2) is 27.1 Å². The van der Waals surface area contributed by atoms with E-state index in [9.17, 15) is 19.8 Å². The molecule has 0 saturated heterocycles. The lowest BCUT2D eigenvalue weighted by Gasteiger charge is -2.29. The SMILES string of the molecule is O=C(O)CC1(CC(=O)O)C2=CCCC=C2c2ncccc21. The molecule has 2 aliphatic carbocycles. The summed E-state index contributed by atoms with van der Waals surface area (Å²) in [7, 11) is 0. The van der Waals surface area contributed by atoms with E-state index in [4.69, 9.17) is 0 Å². The van der Waals surface area contributed by atoms with Gasteiger partial charge in [-0.05, 0) is 30.0 Å². The van der Waals surface area contributed by atoms with Crippen LogP contribution in [0.2, 0.25) is 0 Å². The fourth-order valence-corrected chi connectivity index (χ4v) is 3.46. The molecule has 0 amide bonds. The van der Waals surface area contributed by atoms with Crippen LogP contribution < -0.4 is 0 Å². The molecule has 1 aromatic rings. The van der Waals surface area contributed by atoms with E-state index in [1.165, 1.54) is 0 Å². The number of aliphatic carboxylic acids is 2. The molecule has 1 aromatic heterocycles. The quantitative estimate of drug-likeness (QED) is 0.886. The molecule has 0 radical (unpaired) electrons. The molecule has 0 aromatic carbocycles. The smallest absolute Gasteiger partial charge is 0.304 e. The highest BCUT2D eigenvalue weighted by molar-refractivity contribution is 5.93. The molecular formula is C16H15NO4. The molecule has 5 nitrogen and oxygen atoms in total. The molecule has 0 saturated carbocycles. The zero-order valence-electron chi connectivity index (χ0n) is 11.4. The zero-order valence-corrected chi connectivity index (χ0v) is 11.4. The average Bonchev–Trinajstić information content (AvgIpc) is 2.70. The van der Waals surface area contributed by atoms with E-state index in [1.807, 2.05) is 12.2 Å². The molecule has 0 aliphatic heterocycles. The maximum atomic E-state index is 11.4. The Hall–Kier alpha value is -2.43. The summed E-state index contributed by atoms with van der Waals surface area (Å²) in [6.07, 6.45) is 6.86. The van der Waals surface area contributed by atoms with Crippen LogP contribution in [0.3, 0.4) is 0 Å². The summed E-state index contributed by atoms with van der Waals surface area (Å²) in [4.78, 5) is 27.1. The highest BCUT2D eigenvalue weighted by Crippen LogP contribution is 2.54. The number of allylic oxidation sites excluding steroid dienone is 4. The van der Waals surface area contributed by atoms with Gasteiger partial charge < -0.3 is 10.2 Å². The normalized spacial score (nSPS) is 18.3. The van der Waals surface area contributed by atoms with Crippen molar-refractivity contribution < 1.29 is 19.8 Å². The molecule has 0 unspecified atom stereocenters. The van der Waals surface area contributed by atoms with Crippen molar-refractivity contribution in [3.63, 3.8) is 0 Å². The number of rotatable bonds is 4. The Balaban J connectivity index is 2.26. The van der Waals surface area contributed by atoms with Crippen molar-refractivity contribution in [1.82, 2.24) is 4.98 Å². The van der Waals surface area contributed by atoms with Crippen molar-refractivity contribution in [2.75, 3.05) is 0 Å². The Morgan fingerprint density at radius 3 is 2.48 bits per heavy atom. The molecule has 0 atom stereocenters. The van der Waals surface area contributed by atoms with E-state index in [1.54, 1.807) is 18.3 Å². The van der Waals surface area contributed by atoms with Crippen LogP contribution in [0.1, 0.15) is 36.9 Å². The predicted octanol–water partition coefficient (Wildman–Crippen LogP) is 2.39. The van der Waals surface area contributed by atoms with Gasteiger partial charge in [0.15, 0.2) is 0 Å². The third kappa shape index (κ3) is 2.05. The first-order chi connectivity index (χ1) is 10.0. The maximum Gasteiger partial charge on any atom is 0.304 e. The lowest BCUT2D eigenvalue weighted by atomic mass is 9.71. The van der Waals surface area contributed by atoms with Gasteiger partial charge in [0, 0.05) is 17.2 Å². The number of carbonyl (C=O) groups is 2. The monoisotopic (exact) mass is 285 g/mol. The summed E-state index contributed by atoms with van der Waals surface area (Å²) in [5.74, 6) is -2.00. The van der Waals surface area contributed by atoms with Crippen LogP contribution in [-0.2, 0) is 15.0 Å². The number of fused-ring (bicyclic) bond motifs is 3. The lowest BCUT2D eigenvalue weighted by Crippen LogP contribution is -2.32. The lowest BCUT2D eigenvalue weighted by molar-refractivity contribution is -0.140. The van der Waals surface area contributed by atoms with E-state index in [-0.39, 0.29) is 12.8 Å². The van der Waals surface area contributed by atoms with Gasteiger partial charge in [0.2, 0.25) is 0 Å². The van der Waals surface area contributed by atoms with E-state index < -0.39 is 17.4 Å². The summed E-state index contributed by atoms with van der Waals surface area (Å²) in [6, 6.07) is 3.53. The van der Waals surface area contributed by atoms with Gasteiger partial charge in [0.25, 0.3) is 0 Å². The zero-order chi connectivity index (χ0) is 15.0. The molecule has 3 rings (SSSR count). The first-order valence-corrected chi connectivity index (χ1v) is 6.85. The van der Waals surface area contributed by atoms with Crippen molar-refractivity contribution in [3.8, 4) is 0 Å². The van der Waals surface area contributed by atoms with Crippen LogP contribution in [0.4, 0.5) is 0 Å². The van der Waals surface area contributed by atoms with Crippen molar-refractivity contribution in [3.05, 3.63) is 47.3 Å². The van der Waals surface area contributed by atoms with E-state index in [0.717, 1.165) is 29.7 Å². The van der Waals surface area contributed by atoms with Crippen LogP contribution in [0.15, 0.2) is 36.1 Å². The van der Waals surface area contributed by atoms with E-state index in [0.29, 0.717) is 5.56 Å². The third-order valence-corrected chi connectivity index (χ3v) is 4.15. The second kappa shape index (κ2) is 4.84. The molecule has 5 heteroatoms. The highest BCUT2D eigenvalue weighted by atomic mass is 16.4. The first-order valence-electron chi connectivity index (χ1n) is 6.85. The largest absolute Gasteiger partial charge is 0.481 e. The molecular weight excluding hydrogens is 270 g/mol. The predicted molar refractivity (Wildman–Crippen MR) is 75.7 cm³/mol. The highest BCUT2D eigenvalue weighted by Gasteiger charge is 2.49. The summed E-state index contributed by atoms with van der Waals surface area (Å²) in [5.41, 5.74) is 2.15. The minimum absolute atomic E-state index is 0.235. The number of pyridine rings is 1. The number of carboxylic acid groups (broad SMARTS) is 2. The maximum absolute atomic E-state index is 11.4. The minimum atomic E-state index is -1.01. The topological polar surface area (TPSA) is 87.5 Å². The molecule has 0 bridgehead atoms. The van der Waals surface area contributed by atoms with Gasteiger partial charge in [0.1, 0.15) is 0 Å². The van der Waals surface area contributed by atoms with Gasteiger partial charge in [-0.25, -0.2) is 0 Å². The Bertz CT molecular complexity index is 671. The number of nitrogens with zero attached hydrogens (tertiary/aromatic N) is 1. The number of hydrogen-bond acceptors (Lipinski definition) is 3. The first kappa shape index (κ1) is 13.5. The minimum Gasteiger partial charge on any atom is -0.481 e. The Morgan fingerprint density at radius 1 is 1.14 bits per heavy atom. The molecule has 2 aliphatic rings.